The Hall–Kier alpha value is -3.41. The number of aryl methyl sites for hydroxylation is 3. The van der Waals surface area contributed by atoms with Crippen LogP contribution in [0.2, 0.25) is 0 Å². The highest BCUT2D eigenvalue weighted by Gasteiger charge is 2.19. The lowest BCUT2D eigenvalue weighted by Crippen LogP contribution is -2.23. The Kier molecular flexibility index (Phi) is 4.69. The number of hydrogen-bond acceptors (Lipinski definition) is 3. The third-order valence-electron chi connectivity index (χ3n) is 5.05. The van der Waals surface area contributed by atoms with Crippen molar-refractivity contribution < 1.29 is 4.79 Å². The molecular weight excluding hydrogens is 350 g/mol. The average Bonchev–Trinajstić information content (AvgIpc) is 3.29. The van der Waals surface area contributed by atoms with Gasteiger partial charge in [0.15, 0.2) is 0 Å². The van der Waals surface area contributed by atoms with Crippen molar-refractivity contribution in [3.63, 3.8) is 0 Å². The Bertz CT molecular complexity index is 1140. The third-order valence-corrected chi connectivity index (χ3v) is 5.05. The minimum atomic E-state index is -0.107. The van der Waals surface area contributed by atoms with Gasteiger partial charge in [-0.3, -0.25) is 9.48 Å². The zero-order chi connectivity index (χ0) is 19.7. The van der Waals surface area contributed by atoms with E-state index in [1.54, 1.807) is 17.2 Å². The molecule has 4 aromatic rings. The first-order chi connectivity index (χ1) is 13.6. The molecule has 142 valence electrons. The predicted octanol–water partition coefficient (Wildman–Crippen LogP) is 3.47. The summed E-state index contributed by atoms with van der Waals surface area (Å²) in [5, 5.41) is 8.62. The Morgan fingerprint density at radius 3 is 2.50 bits per heavy atom. The van der Waals surface area contributed by atoms with Crippen LogP contribution in [0.1, 0.15) is 28.4 Å². The SMILES string of the molecule is CCc1ccc(CNC(=O)c2cccc3c(-c4cncn4C)nn(C)c23)cc1. The first kappa shape index (κ1) is 18.0. The van der Waals surface area contributed by atoms with Crippen molar-refractivity contribution in [3.8, 4) is 11.4 Å². The van der Waals surface area contributed by atoms with Gasteiger partial charge >= 0.3 is 0 Å². The molecule has 6 nitrogen and oxygen atoms in total. The Labute approximate surface area is 163 Å². The fraction of sp³-hybridized carbons (Fsp3) is 0.227. The van der Waals surface area contributed by atoms with Crippen molar-refractivity contribution in [3.05, 3.63) is 71.7 Å². The molecule has 6 heteroatoms. The maximum atomic E-state index is 12.9. The van der Waals surface area contributed by atoms with Crippen LogP contribution >= 0.6 is 0 Å². The molecule has 1 N–H and O–H groups in total. The Morgan fingerprint density at radius 2 is 1.82 bits per heavy atom. The first-order valence-electron chi connectivity index (χ1n) is 9.37. The number of carbonyl (C=O) groups excluding carboxylic acids is 1. The number of aromatic nitrogens is 4. The maximum absolute atomic E-state index is 12.9. The molecule has 0 radical (unpaired) electrons. The van der Waals surface area contributed by atoms with Gasteiger partial charge in [-0.15, -0.1) is 0 Å². The zero-order valence-electron chi connectivity index (χ0n) is 16.3. The summed E-state index contributed by atoms with van der Waals surface area (Å²) in [6, 6.07) is 14.0. The van der Waals surface area contributed by atoms with Crippen molar-refractivity contribution in [2.75, 3.05) is 0 Å². The monoisotopic (exact) mass is 373 g/mol. The molecule has 0 fully saturated rings. The fourth-order valence-corrected chi connectivity index (χ4v) is 3.47. The van der Waals surface area contributed by atoms with Gasteiger partial charge in [0.2, 0.25) is 0 Å². The minimum absolute atomic E-state index is 0.107. The molecule has 0 aliphatic carbocycles. The number of amides is 1. The van der Waals surface area contributed by atoms with E-state index < -0.39 is 0 Å². The van der Waals surface area contributed by atoms with Gasteiger partial charge in [-0.25, -0.2) is 4.98 Å². The number of imidazole rings is 1. The van der Waals surface area contributed by atoms with Gasteiger partial charge in [-0.05, 0) is 23.6 Å². The maximum Gasteiger partial charge on any atom is 0.253 e. The van der Waals surface area contributed by atoms with Gasteiger partial charge in [0.05, 0.1) is 29.3 Å². The lowest BCUT2D eigenvalue weighted by atomic mass is 10.1. The minimum Gasteiger partial charge on any atom is -0.348 e. The van der Waals surface area contributed by atoms with E-state index in [1.807, 2.05) is 36.9 Å². The summed E-state index contributed by atoms with van der Waals surface area (Å²) in [4.78, 5) is 17.1. The number of benzene rings is 2. The van der Waals surface area contributed by atoms with Gasteiger partial charge in [0, 0.05) is 26.0 Å². The van der Waals surface area contributed by atoms with Crippen LogP contribution in [0.25, 0.3) is 22.3 Å². The molecule has 28 heavy (non-hydrogen) atoms. The molecule has 0 spiro atoms. The molecule has 2 aromatic heterocycles. The quantitative estimate of drug-likeness (QED) is 0.583. The lowest BCUT2D eigenvalue weighted by Gasteiger charge is -2.08. The van der Waals surface area contributed by atoms with E-state index >= 15 is 0 Å². The fourth-order valence-electron chi connectivity index (χ4n) is 3.47. The molecular formula is C22H23N5O. The summed E-state index contributed by atoms with van der Waals surface area (Å²) < 4.78 is 3.69. The van der Waals surface area contributed by atoms with Crippen molar-refractivity contribution in [1.82, 2.24) is 24.6 Å². The molecule has 0 atom stereocenters. The number of para-hydroxylation sites is 1. The summed E-state index contributed by atoms with van der Waals surface area (Å²) in [5.41, 5.74) is 5.54. The van der Waals surface area contributed by atoms with Crippen LogP contribution in [-0.4, -0.2) is 25.2 Å². The molecule has 1 amide bonds. The van der Waals surface area contributed by atoms with E-state index in [9.17, 15) is 4.79 Å². The highest BCUT2D eigenvalue weighted by Crippen LogP contribution is 2.29. The molecule has 2 aromatic carbocycles. The van der Waals surface area contributed by atoms with Crippen molar-refractivity contribution in [2.24, 2.45) is 14.1 Å². The number of nitrogens with zero attached hydrogens (tertiary/aromatic N) is 4. The molecule has 0 bridgehead atoms. The summed E-state index contributed by atoms with van der Waals surface area (Å²) in [6.45, 7) is 2.62. The van der Waals surface area contributed by atoms with E-state index in [4.69, 9.17) is 0 Å². The van der Waals surface area contributed by atoms with Gasteiger partial charge in [-0.2, -0.15) is 5.10 Å². The molecule has 0 unspecified atom stereocenters. The van der Waals surface area contributed by atoms with Gasteiger partial charge in [0.1, 0.15) is 5.69 Å². The lowest BCUT2D eigenvalue weighted by molar-refractivity contribution is 0.0952. The molecule has 2 heterocycles. The van der Waals surface area contributed by atoms with Crippen LogP contribution in [-0.2, 0) is 27.1 Å². The normalized spacial score (nSPS) is 11.1. The third kappa shape index (κ3) is 3.17. The molecule has 4 rings (SSSR count). The van der Waals surface area contributed by atoms with E-state index in [1.165, 1.54) is 5.56 Å². The molecule has 0 aliphatic rings. The second-order valence-corrected chi connectivity index (χ2v) is 6.92. The number of rotatable bonds is 5. The van der Waals surface area contributed by atoms with Gasteiger partial charge in [0.25, 0.3) is 5.91 Å². The molecule has 0 saturated carbocycles. The predicted molar refractivity (Wildman–Crippen MR) is 110 cm³/mol. The second kappa shape index (κ2) is 7.31. The van der Waals surface area contributed by atoms with E-state index in [2.05, 4.69) is 46.6 Å². The highest BCUT2D eigenvalue weighted by molar-refractivity contribution is 6.08. The van der Waals surface area contributed by atoms with Crippen LogP contribution in [0.4, 0.5) is 0 Å². The van der Waals surface area contributed by atoms with Crippen LogP contribution < -0.4 is 5.32 Å². The van der Waals surface area contributed by atoms with E-state index in [-0.39, 0.29) is 5.91 Å². The largest absolute Gasteiger partial charge is 0.348 e. The van der Waals surface area contributed by atoms with E-state index in [0.29, 0.717) is 12.1 Å². The van der Waals surface area contributed by atoms with Crippen molar-refractivity contribution in [1.29, 1.82) is 0 Å². The summed E-state index contributed by atoms with van der Waals surface area (Å²) in [7, 11) is 3.80. The standard InChI is InChI=1S/C22H23N5O/c1-4-15-8-10-16(11-9-15)12-24-22(28)18-7-5-6-17-20(25-27(3)21(17)18)19-13-23-14-26(19)2/h5-11,13-14H,4,12H2,1-3H3,(H,24,28). The first-order valence-corrected chi connectivity index (χ1v) is 9.37. The number of nitrogens with one attached hydrogen (secondary N) is 1. The highest BCUT2D eigenvalue weighted by atomic mass is 16.1. The van der Waals surface area contributed by atoms with Crippen LogP contribution in [0.5, 0.6) is 0 Å². The van der Waals surface area contributed by atoms with Crippen molar-refractivity contribution >= 4 is 16.8 Å². The Morgan fingerprint density at radius 1 is 1.07 bits per heavy atom. The van der Waals surface area contributed by atoms with Crippen molar-refractivity contribution in [2.45, 2.75) is 19.9 Å². The van der Waals surface area contributed by atoms with Gasteiger partial charge in [-0.1, -0.05) is 43.3 Å². The second-order valence-electron chi connectivity index (χ2n) is 6.92. The van der Waals surface area contributed by atoms with Crippen LogP contribution in [0.15, 0.2) is 55.0 Å². The van der Waals surface area contributed by atoms with Crippen LogP contribution in [0, 0.1) is 0 Å². The summed E-state index contributed by atoms with van der Waals surface area (Å²) in [6.07, 6.45) is 4.54. The molecule has 0 aliphatic heterocycles. The number of carbonyl (C=O) groups is 1. The summed E-state index contributed by atoms with van der Waals surface area (Å²) >= 11 is 0. The zero-order valence-corrected chi connectivity index (χ0v) is 16.3. The number of hydrogen-bond donors (Lipinski definition) is 1. The van der Waals surface area contributed by atoms with E-state index in [0.717, 1.165) is 34.3 Å². The number of fused-ring (bicyclic) bond motifs is 1. The van der Waals surface area contributed by atoms with Crippen LogP contribution in [0.3, 0.4) is 0 Å². The summed E-state index contributed by atoms with van der Waals surface area (Å²) in [5.74, 6) is -0.107. The molecule has 0 saturated heterocycles. The topological polar surface area (TPSA) is 64.7 Å². The smallest absolute Gasteiger partial charge is 0.253 e. The van der Waals surface area contributed by atoms with Gasteiger partial charge < -0.3 is 9.88 Å². The Balaban J connectivity index is 1.64. The average molecular weight is 373 g/mol.